The van der Waals surface area contributed by atoms with Crippen LogP contribution in [0, 0.1) is 0 Å². The van der Waals surface area contributed by atoms with Crippen LogP contribution in [0.4, 0.5) is 0 Å². The molecule has 0 aromatic carbocycles. The van der Waals surface area contributed by atoms with Gasteiger partial charge in [0.2, 0.25) is 0 Å². The van der Waals surface area contributed by atoms with E-state index < -0.39 is 5.97 Å². The van der Waals surface area contributed by atoms with E-state index in [1.54, 1.807) is 0 Å². The average Bonchev–Trinajstić information content (AvgIpc) is 0.811. The number of carbonyl (C=O) groups excluding carboxylic acids is 1. The normalized spacial score (nSPS) is 3.57. The Morgan fingerprint density at radius 1 is 1.57 bits per heavy atom. The number of hydrogen-bond donors (Lipinski definition) is 0. The van der Waals surface area contributed by atoms with Gasteiger partial charge in [0.15, 0.2) is 0 Å². The van der Waals surface area contributed by atoms with Crippen LogP contribution in [-0.2, 0) is 4.79 Å². The SMILES string of the molecule is CC(=O)[O-].[CaH2].[Cl-].[Mg+2]. The van der Waals surface area contributed by atoms with E-state index in [4.69, 9.17) is 9.90 Å². The molecule has 0 amide bonds. The Morgan fingerprint density at radius 3 is 1.57 bits per heavy atom. The minimum atomic E-state index is -1.08. The molecule has 0 heterocycles. The van der Waals surface area contributed by atoms with Crippen molar-refractivity contribution in [3.05, 3.63) is 0 Å². The van der Waals surface area contributed by atoms with Crippen LogP contribution >= 0.6 is 0 Å². The Bertz CT molecular complexity index is 38.7. The number of halogens is 1. The molecule has 0 aliphatic rings. The molecule has 0 aromatic heterocycles. The molecule has 0 bridgehead atoms. The fraction of sp³-hybridized carbons (Fsp3) is 0.500. The van der Waals surface area contributed by atoms with E-state index in [9.17, 15) is 0 Å². The predicted octanol–water partition coefficient (Wildman–Crippen LogP) is -5.54. The zero-order valence-electron chi connectivity index (χ0n) is 3.40. The van der Waals surface area contributed by atoms with Gasteiger partial charge in [-0.3, -0.25) is 0 Å². The van der Waals surface area contributed by atoms with Crippen molar-refractivity contribution in [2.75, 3.05) is 0 Å². The Balaban J connectivity index is -0.0000000150. The molecule has 0 saturated carbocycles. The fourth-order valence-corrected chi connectivity index (χ4v) is 0. The Kier molecular flexibility index (Phi) is 52.0. The second kappa shape index (κ2) is 15.7. The second-order valence-corrected chi connectivity index (χ2v) is 0.492. The van der Waals surface area contributed by atoms with Crippen LogP contribution in [-0.4, -0.2) is 66.8 Å². The minimum Gasteiger partial charge on any atom is -1.00 e. The first kappa shape index (κ1) is 23.3. The van der Waals surface area contributed by atoms with Crippen molar-refractivity contribution in [2.45, 2.75) is 6.92 Å². The van der Waals surface area contributed by atoms with Gasteiger partial charge in [-0.05, 0) is 6.92 Å². The van der Waals surface area contributed by atoms with Crippen LogP contribution in [0.25, 0.3) is 0 Å². The molecule has 7 heavy (non-hydrogen) atoms. The van der Waals surface area contributed by atoms with E-state index in [0.29, 0.717) is 0 Å². The van der Waals surface area contributed by atoms with Crippen molar-refractivity contribution in [1.29, 1.82) is 0 Å². The van der Waals surface area contributed by atoms with E-state index in [0.717, 1.165) is 6.92 Å². The van der Waals surface area contributed by atoms with Crippen molar-refractivity contribution in [2.24, 2.45) is 0 Å². The molecule has 0 saturated heterocycles. The number of aliphatic carboxylic acids is 1. The minimum absolute atomic E-state index is 0. The van der Waals surface area contributed by atoms with Crippen LogP contribution in [0.2, 0.25) is 0 Å². The first-order valence-electron chi connectivity index (χ1n) is 0.908. The average molecular weight is 161 g/mol. The first-order valence-corrected chi connectivity index (χ1v) is 0.908. The van der Waals surface area contributed by atoms with Gasteiger partial charge in [0.1, 0.15) is 0 Å². The van der Waals surface area contributed by atoms with Gasteiger partial charge in [-0.2, -0.15) is 0 Å². The fourth-order valence-electron chi connectivity index (χ4n) is 0. The predicted molar refractivity (Wildman–Crippen MR) is 25.0 cm³/mol. The quantitative estimate of drug-likeness (QED) is 0.332. The summed E-state index contributed by atoms with van der Waals surface area (Å²) < 4.78 is 0. The summed E-state index contributed by atoms with van der Waals surface area (Å²) in [6, 6.07) is 0. The van der Waals surface area contributed by atoms with Crippen molar-refractivity contribution in [3.8, 4) is 0 Å². The second-order valence-electron chi connectivity index (χ2n) is 0.492. The van der Waals surface area contributed by atoms with E-state index in [1.165, 1.54) is 0 Å². The third kappa shape index (κ3) is 81.7. The van der Waals surface area contributed by atoms with Crippen molar-refractivity contribution in [3.63, 3.8) is 0 Å². The Morgan fingerprint density at radius 2 is 1.57 bits per heavy atom. The number of rotatable bonds is 0. The van der Waals surface area contributed by atoms with Gasteiger partial charge in [0, 0.05) is 5.97 Å². The summed E-state index contributed by atoms with van der Waals surface area (Å²) in [5, 5.41) is 8.89. The number of carbonyl (C=O) groups is 1. The molecule has 0 unspecified atom stereocenters. The van der Waals surface area contributed by atoms with Gasteiger partial charge in [0.25, 0.3) is 0 Å². The van der Waals surface area contributed by atoms with Crippen molar-refractivity contribution in [1.82, 2.24) is 0 Å². The van der Waals surface area contributed by atoms with E-state index in [1.807, 2.05) is 0 Å². The summed E-state index contributed by atoms with van der Waals surface area (Å²) >= 11 is 0. The van der Waals surface area contributed by atoms with Crippen LogP contribution < -0.4 is 17.5 Å². The van der Waals surface area contributed by atoms with E-state index >= 15 is 0 Å². The van der Waals surface area contributed by atoms with Gasteiger partial charge in [-0.25, -0.2) is 0 Å². The molecule has 0 aliphatic carbocycles. The smallest absolute Gasteiger partial charge is 1.00 e. The largest absolute Gasteiger partial charge is 2.00 e. The zero-order valence-corrected chi connectivity index (χ0v) is 5.57. The molecule has 0 atom stereocenters. The topological polar surface area (TPSA) is 40.1 Å². The van der Waals surface area contributed by atoms with Gasteiger partial charge in [0.05, 0.1) is 0 Å². The molecule has 36 valence electrons. The zero-order chi connectivity index (χ0) is 3.58. The van der Waals surface area contributed by atoms with E-state index in [2.05, 4.69) is 0 Å². The van der Waals surface area contributed by atoms with Gasteiger partial charge >= 0.3 is 60.8 Å². The third-order valence-electron chi connectivity index (χ3n) is 0. The van der Waals surface area contributed by atoms with Crippen LogP contribution in [0.15, 0.2) is 0 Å². The molecule has 0 radical (unpaired) electrons. The maximum absolute atomic E-state index is 8.89. The molecule has 0 fully saturated rings. The summed E-state index contributed by atoms with van der Waals surface area (Å²) in [7, 11) is 0. The van der Waals surface area contributed by atoms with E-state index in [-0.39, 0.29) is 73.2 Å². The van der Waals surface area contributed by atoms with Crippen LogP contribution in [0.3, 0.4) is 0 Å². The molecule has 0 aromatic rings. The van der Waals surface area contributed by atoms with Crippen LogP contribution in [0.1, 0.15) is 6.92 Å². The molecular weight excluding hydrogens is 156 g/mol. The number of carboxylic acids is 1. The number of hydrogen-bond acceptors (Lipinski definition) is 2. The summed E-state index contributed by atoms with van der Waals surface area (Å²) in [5.41, 5.74) is 0. The molecule has 2 nitrogen and oxygen atoms in total. The van der Waals surface area contributed by atoms with Gasteiger partial charge in [-0.15, -0.1) is 0 Å². The van der Waals surface area contributed by atoms with Gasteiger partial charge < -0.3 is 22.3 Å². The number of carboxylic acid groups (broad SMARTS) is 1. The standard InChI is InChI=1S/C2H4O2.Ca.ClH.Mg.2H/c1-2(3)4;;;;;/h1H3,(H,3,4);;1H;;;/q;;;+2;;/p-2. The molecular formula is C2H5CaClMgO2. The summed E-state index contributed by atoms with van der Waals surface area (Å²) in [5.74, 6) is -1.08. The maximum Gasteiger partial charge on any atom is 2.00 e. The Hall–Kier alpha value is 1.79. The maximum atomic E-state index is 8.89. The monoisotopic (exact) mass is 160 g/mol. The Labute approximate surface area is 94.6 Å². The molecule has 0 aliphatic heterocycles. The molecule has 0 rings (SSSR count). The van der Waals surface area contributed by atoms with Crippen molar-refractivity contribution >= 4 is 66.8 Å². The summed E-state index contributed by atoms with van der Waals surface area (Å²) in [6.45, 7) is 0.972. The summed E-state index contributed by atoms with van der Waals surface area (Å²) in [4.78, 5) is 8.89. The summed E-state index contributed by atoms with van der Waals surface area (Å²) in [6.07, 6.45) is 0. The van der Waals surface area contributed by atoms with Crippen LogP contribution in [0.5, 0.6) is 0 Å². The third-order valence-corrected chi connectivity index (χ3v) is 0. The van der Waals surface area contributed by atoms with Crippen molar-refractivity contribution < 1.29 is 22.3 Å². The molecule has 5 heteroatoms. The van der Waals surface area contributed by atoms with Gasteiger partial charge in [-0.1, -0.05) is 0 Å². The molecule has 0 N–H and O–H groups in total. The molecule has 0 spiro atoms. The first-order chi connectivity index (χ1) is 1.73.